The Hall–Kier alpha value is -1.57. The van der Waals surface area contributed by atoms with Gasteiger partial charge in [0.1, 0.15) is 0 Å². The van der Waals surface area contributed by atoms with Crippen LogP contribution in [0.4, 0.5) is 0 Å². The number of benzene rings is 1. The van der Waals surface area contributed by atoms with E-state index in [9.17, 15) is 0 Å². The highest BCUT2D eigenvalue weighted by Crippen LogP contribution is 2.34. The fourth-order valence-electron chi connectivity index (χ4n) is 2.48. The van der Waals surface area contributed by atoms with Crippen LogP contribution >= 0.6 is 0 Å². The molecule has 0 N–H and O–H groups in total. The first-order valence-electron chi connectivity index (χ1n) is 6.01. The Kier molecular flexibility index (Phi) is 2.82. The summed E-state index contributed by atoms with van der Waals surface area (Å²) in [4.78, 5) is 0. The molecule has 2 rings (SSSR count). The molecule has 2 nitrogen and oxygen atoms in total. The quantitative estimate of drug-likeness (QED) is 0.728. The molecule has 0 aliphatic carbocycles. The lowest BCUT2D eigenvalue weighted by molar-refractivity contribution is 0.587. The third kappa shape index (κ3) is 2.12. The molecule has 0 atom stereocenters. The number of nitrogens with zero attached hydrogens (tertiary/aromatic N) is 2. The van der Waals surface area contributed by atoms with Crippen LogP contribution in [-0.4, -0.2) is 9.78 Å². The molecular weight excluding hydrogens is 208 g/mol. The zero-order chi connectivity index (χ0) is 12.6. The van der Waals surface area contributed by atoms with Gasteiger partial charge in [0.05, 0.1) is 11.4 Å². The minimum absolute atomic E-state index is 0.115. The van der Waals surface area contributed by atoms with E-state index in [2.05, 4.69) is 57.1 Å². The van der Waals surface area contributed by atoms with E-state index >= 15 is 0 Å². The smallest absolute Gasteiger partial charge is 0.0719 e. The number of aromatic nitrogens is 2. The van der Waals surface area contributed by atoms with Gasteiger partial charge in [-0.25, -0.2) is 0 Å². The van der Waals surface area contributed by atoms with Crippen LogP contribution in [0.1, 0.15) is 32.0 Å². The number of hydrogen-bond acceptors (Lipinski definition) is 1. The second kappa shape index (κ2) is 4.02. The van der Waals surface area contributed by atoms with Crippen molar-refractivity contribution in [2.24, 2.45) is 7.05 Å². The molecule has 17 heavy (non-hydrogen) atoms. The lowest BCUT2D eigenvalue weighted by Gasteiger charge is -2.20. The van der Waals surface area contributed by atoms with Crippen LogP contribution in [0.2, 0.25) is 0 Å². The predicted octanol–water partition coefficient (Wildman–Crippen LogP) is 3.69. The molecule has 0 radical (unpaired) electrons. The topological polar surface area (TPSA) is 17.8 Å². The molecule has 2 heteroatoms. The molecule has 0 aliphatic rings. The van der Waals surface area contributed by atoms with Crippen LogP contribution in [0.25, 0.3) is 11.3 Å². The maximum Gasteiger partial charge on any atom is 0.0719 e. The molecule has 0 unspecified atom stereocenters. The minimum Gasteiger partial charge on any atom is -0.267 e. The molecule has 90 valence electrons. The first kappa shape index (κ1) is 11.9. The lowest BCUT2D eigenvalue weighted by atomic mass is 9.84. The molecule has 1 aromatic carbocycles. The monoisotopic (exact) mass is 228 g/mol. The summed E-state index contributed by atoms with van der Waals surface area (Å²) in [5.74, 6) is 0. The van der Waals surface area contributed by atoms with E-state index in [1.165, 1.54) is 16.8 Å². The second-order valence-electron chi connectivity index (χ2n) is 5.55. The van der Waals surface area contributed by atoms with Gasteiger partial charge in [-0.15, -0.1) is 0 Å². The van der Waals surface area contributed by atoms with Gasteiger partial charge in [0.2, 0.25) is 0 Å². The molecule has 0 spiro atoms. The standard InChI is InChI=1S/C15H20N2/c1-11-13(15(2,3)4)14(17(5)16-11)12-9-7-6-8-10-12/h6-10H,1-5H3. The lowest BCUT2D eigenvalue weighted by Crippen LogP contribution is -2.13. The zero-order valence-electron chi connectivity index (χ0n) is 11.3. The van der Waals surface area contributed by atoms with Crippen molar-refractivity contribution >= 4 is 0 Å². The molecule has 0 aliphatic heterocycles. The largest absolute Gasteiger partial charge is 0.267 e. The van der Waals surface area contributed by atoms with Gasteiger partial charge in [-0.1, -0.05) is 51.1 Å². The summed E-state index contributed by atoms with van der Waals surface area (Å²) < 4.78 is 1.99. The fourth-order valence-corrected chi connectivity index (χ4v) is 2.48. The fraction of sp³-hybridized carbons (Fsp3) is 0.400. The van der Waals surface area contributed by atoms with Gasteiger partial charge in [0, 0.05) is 18.2 Å². The number of rotatable bonds is 1. The Bertz CT molecular complexity index is 516. The Morgan fingerprint density at radius 1 is 1.06 bits per heavy atom. The van der Waals surface area contributed by atoms with E-state index in [0.29, 0.717) is 0 Å². The van der Waals surface area contributed by atoms with Crippen molar-refractivity contribution < 1.29 is 0 Å². The summed E-state index contributed by atoms with van der Waals surface area (Å²) in [6.07, 6.45) is 0. The van der Waals surface area contributed by atoms with Crippen molar-refractivity contribution in [3.05, 3.63) is 41.6 Å². The van der Waals surface area contributed by atoms with Gasteiger partial charge in [-0.3, -0.25) is 4.68 Å². The summed E-state index contributed by atoms with van der Waals surface area (Å²) in [5, 5.41) is 4.57. The van der Waals surface area contributed by atoms with Gasteiger partial charge in [0.15, 0.2) is 0 Å². The molecule has 1 heterocycles. The van der Waals surface area contributed by atoms with E-state index in [-0.39, 0.29) is 5.41 Å². The molecule has 0 bridgehead atoms. The van der Waals surface area contributed by atoms with Crippen LogP contribution in [0.3, 0.4) is 0 Å². The normalized spacial score (nSPS) is 11.8. The molecule has 0 amide bonds. The van der Waals surface area contributed by atoms with Gasteiger partial charge < -0.3 is 0 Å². The third-order valence-electron chi connectivity index (χ3n) is 3.02. The van der Waals surface area contributed by atoms with Crippen molar-refractivity contribution in [1.29, 1.82) is 0 Å². The van der Waals surface area contributed by atoms with Gasteiger partial charge in [0.25, 0.3) is 0 Å². The maximum atomic E-state index is 4.57. The molecule has 0 saturated heterocycles. The van der Waals surface area contributed by atoms with Crippen LogP contribution in [-0.2, 0) is 12.5 Å². The molecule has 2 aromatic rings. The molecular formula is C15H20N2. The Labute approximate surface area is 103 Å². The van der Waals surface area contributed by atoms with Gasteiger partial charge >= 0.3 is 0 Å². The maximum absolute atomic E-state index is 4.57. The number of hydrogen-bond donors (Lipinski definition) is 0. The number of aryl methyl sites for hydroxylation is 2. The SMILES string of the molecule is Cc1nn(C)c(-c2ccccc2)c1C(C)(C)C. The van der Waals surface area contributed by atoms with E-state index in [1.54, 1.807) is 0 Å². The summed E-state index contributed by atoms with van der Waals surface area (Å²) in [6, 6.07) is 10.5. The second-order valence-corrected chi connectivity index (χ2v) is 5.55. The summed E-state index contributed by atoms with van der Waals surface area (Å²) >= 11 is 0. The highest BCUT2D eigenvalue weighted by molar-refractivity contribution is 5.66. The van der Waals surface area contributed by atoms with Gasteiger partial charge in [-0.2, -0.15) is 5.10 Å². The minimum atomic E-state index is 0.115. The Balaban J connectivity index is 2.70. The van der Waals surface area contributed by atoms with Crippen molar-refractivity contribution in [3.8, 4) is 11.3 Å². The zero-order valence-corrected chi connectivity index (χ0v) is 11.3. The molecule has 0 fully saturated rings. The Morgan fingerprint density at radius 3 is 2.18 bits per heavy atom. The Morgan fingerprint density at radius 2 is 1.65 bits per heavy atom. The van der Waals surface area contributed by atoms with E-state index < -0.39 is 0 Å². The van der Waals surface area contributed by atoms with Crippen molar-refractivity contribution in [1.82, 2.24) is 9.78 Å². The summed E-state index contributed by atoms with van der Waals surface area (Å²) in [7, 11) is 2.02. The van der Waals surface area contributed by atoms with E-state index in [0.717, 1.165) is 5.69 Å². The van der Waals surface area contributed by atoms with Crippen LogP contribution in [0, 0.1) is 6.92 Å². The average molecular weight is 228 g/mol. The van der Waals surface area contributed by atoms with Gasteiger partial charge in [-0.05, 0) is 12.3 Å². The highest BCUT2D eigenvalue weighted by Gasteiger charge is 2.25. The van der Waals surface area contributed by atoms with Crippen LogP contribution < -0.4 is 0 Å². The van der Waals surface area contributed by atoms with E-state index in [4.69, 9.17) is 0 Å². The van der Waals surface area contributed by atoms with Crippen LogP contribution in [0.15, 0.2) is 30.3 Å². The molecule has 0 saturated carbocycles. The molecule has 1 aromatic heterocycles. The van der Waals surface area contributed by atoms with Crippen LogP contribution in [0.5, 0.6) is 0 Å². The van der Waals surface area contributed by atoms with Crippen molar-refractivity contribution in [2.45, 2.75) is 33.1 Å². The summed E-state index contributed by atoms with van der Waals surface area (Å²) in [6.45, 7) is 8.81. The van der Waals surface area contributed by atoms with E-state index in [1.807, 2.05) is 17.8 Å². The predicted molar refractivity (Wildman–Crippen MR) is 72.1 cm³/mol. The summed E-state index contributed by atoms with van der Waals surface area (Å²) in [5.41, 5.74) is 5.05. The van der Waals surface area contributed by atoms with Crippen molar-refractivity contribution in [2.75, 3.05) is 0 Å². The highest BCUT2D eigenvalue weighted by atomic mass is 15.3. The third-order valence-corrected chi connectivity index (χ3v) is 3.02. The first-order valence-corrected chi connectivity index (χ1v) is 6.01. The van der Waals surface area contributed by atoms with Crippen molar-refractivity contribution in [3.63, 3.8) is 0 Å². The average Bonchev–Trinajstić information content (AvgIpc) is 2.54. The first-order chi connectivity index (χ1) is 7.91.